The highest BCUT2D eigenvalue weighted by Crippen LogP contribution is 2.31. The monoisotopic (exact) mass is 241 g/mol. The fourth-order valence-electron chi connectivity index (χ4n) is 2.09. The molecule has 3 nitrogen and oxygen atoms in total. The van der Waals surface area contributed by atoms with Gasteiger partial charge < -0.3 is 5.73 Å². The first kappa shape index (κ1) is 12.3. The lowest BCUT2D eigenvalue weighted by atomic mass is 9.83. The molecule has 0 spiro atoms. The normalized spacial score (nSPS) is 16.6. The number of carbonyl (C=O) groups is 2. The Kier molecular flexibility index (Phi) is 2.91. The molecule has 0 saturated carbocycles. The number of rotatable bonds is 1. The van der Waals surface area contributed by atoms with Crippen LogP contribution in [0.25, 0.3) is 5.57 Å². The number of hydrogen-bond acceptors (Lipinski definition) is 3. The SMILES string of the molecule is CC1=C(C)C(=O)C(c2ccc(N)cc2)=C(C)C1=O. The van der Waals surface area contributed by atoms with Gasteiger partial charge in [-0.05, 0) is 38.5 Å². The molecule has 2 rings (SSSR count). The second-order valence-electron chi connectivity index (χ2n) is 4.53. The van der Waals surface area contributed by atoms with Crippen LogP contribution >= 0.6 is 0 Å². The molecule has 0 amide bonds. The number of nitrogens with two attached hydrogens (primary N) is 1. The number of ketones is 2. The van der Waals surface area contributed by atoms with Crippen molar-refractivity contribution < 1.29 is 9.59 Å². The molecule has 0 bridgehead atoms. The maximum Gasteiger partial charge on any atom is 0.190 e. The predicted molar refractivity (Wildman–Crippen MR) is 71.8 cm³/mol. The second-order valence-corrected chi connectivity index (χ2v) is 4.53. The summed E-state index contributed by atoms with van der Waals surface area (Å²) in [5.74, 6) is -0.131. The molecule has 0 unspecified atom stereocenters. The highest BCUT2D eigenvalue weighted by atomic mass is 16.1. The lowest BCUT2D eigenvalue weighted by Crippen LogP contribution is -2.19. The minimum atomic E-state index is -0.0747. The van der Waals surface area contributed by atoms with E-state index in [0.29, 0.717) is 28.0 Å². The Labute approximate surface area is 106 Å². The van der Waals surface area contributed by atoms with Crippen molar-refractivity contribution in [3.8, 4) is 0 Å². The van der Waals surface area contributed by atoms with Gasteiger partial charge >= 0.3 is 0 Å². The van der Waals surface area contributed by atoms with Crippen LogP contribution in [0.5, 0.6) is 0 Å². The number of benzene rings is 1. The lowest BCUT2D eigenvalue weighted by Gasteiger charge is -2.18. The second kappa shape index (κ2) is 4.26. The average Bonchev–Trinajstić information content (AvgIpc) is 2.36. The van der Waals surface area contributed by atoms with Crippen LogP contribution in [0.2, 0.25) is 0 Å². The van der Waals surface area contributed by atoms with E-state index in [1.54, 1.807) is 45.0 Å². The van der Waals surface area contributed by atoms with E-state index in [1.807, 2.05) is 0 Å². The Morgan fingerprint density at radius 2 is 1.28 bits per heavy atom. The highest BCUT2D eigenvalue weighted by Gasteiger charge is 2.28. The maximum atomic E-state index is 12.3. The van der Waals surface area contributed by atoms with Crippen LogP contribution in [0.4, 0.5) is 5.69 Å². The zero-order chi connectivity index (χ0) is 13.4. The van der Waals surface area contributed by atoms with E-state index in [9.17, 15) is 9.59 Å². The molecule has 1 aromatic rings. The maximum absolute atomic E-state index is 12.3. The summed E-state index contributed by atoms with van der Waals surface area (Å²) in [4.78, 5) is 24.3. The number of carbonyl (C=O) groups excluding carboxylic acids is 2. The molecule has 0 aliphatic heterocycles. The molecule has 0 aromatic heterocycles. The first-order valence-electron chi connectivity index (χ1n) is 5.77. The molecule has 0 saturated heterocycles. The molecule has 1 aromatic carbocycles. The quantitative estimate of drug-likeness (QED) is 0.607. The van der Waals surface area contributed by atoms with Gasteiger partial charge in [0, 0.05) is 28.0 Å². The molecular weight excluding hydrogens is 226 g/mol. The molecule has 1 aliphatic rings. The van der Waals surface area contributed by atoms with Crippen LogP contribution in [-0.4, -0.2) is 11.6 Å². The van der Waals surface area contributed by atoms with Gasteiger partial charge in [-0.25, -0.2) is 0 Å². The van der Waals surface area contributed by atoms with E-state index in [-0.39, 0.29) is 11.6 Å². The molecule has 1 aliphatic carbocycles. The van der Waals surface area contributed by atoms with Gasteiger partial charge in [-0.1, -0.05) is 12.1 Å². The Hall–Kier alpha value is -2.16. The summed E-state index contributed by atoms with van der Waals surface area (Å²) in [7, 11) is 0. The third-order valence-corrected chi connectivity index (χ3v) is 3.39. The third kappa shape index (κ3) is 1.78. The van der Waals surface area contributed by atoms with Crippen LogP contribution < -0.4 is 5.73 Å². The molecule has 3 heteroatoms. The predicted octanol–water partition coefficient (Wildman–Crippen LogP) is 2.53. The lowest BCUT2D eigenvalue weighted by molar-refractivity contribution is -0.115. The number of anilines is 1. The van der Waals surface area contributed by atoms with Crippen molar-refractivity contribution in [3.63, 3.8) is 0 Å². The molecular formula is C15H15NO2. The molecule has 0 radical (unpaired) electrons. The van der Waals surface area contributed by atoms with Crippen molar-refractivity contribution in [2.75, 3.05) is 5.73 Å². The summed E-state index contributed by atoms with van der Waals surface area (Å²) in [6.07, 6.45) is 0. The van der Waals surface area contributed by atoms with E-state index < -0.39 is 0 Å². The Bertz CT molecular complexity index is 604. The summed E-state index contributed by atoms with van der Waals surface area (Å²) in [6.45, 7) is 5.08. The zero-order valence-electron chi connectivity index (χ0n) is 10.7. The van der Waals surface area contributed by atoms with Crippen LogP contribution in [0.3, 0.4) is 0 Å². The van der Waals surface area contributed by atoms with Crippen LogP contribution in [0, 0.1) is 0 Å². The van der Waals surface area contributed by atoms with Crippen molar-refractivity contribution in [2.24, 2.45) is 0 Å². The highest BCUT2D eigenvalue weighted by molar-refractivity contribution is 6.39. The minimum absolute atomic E-state index is 0.0566. The van der Waals surface area contributed by atoms with Crippen molar-refractivity contribution in [2.45, 2.75) is 20.8 Å². The summed E-state index contributed by atoms with van der Waals surface area (Å²) < 4.78 is 0. The van der Waals surface area contributed by atoms with Gasteiger partial charge in [0.2, 0.25) is 0 Å². The summed E-state index contributed by atoms with van der Waals surface area (Å²) >= 11 is 0. The van der Waals surface area contributed by atoms with E-state index in [2.05, 4.69) is 0 Å². The van der Waals surface area contributed by atoms with Gasteiger partial charge in [-0.3, -0.25) is 9.59 Å². The largest absolute Gasteiger partial charge is 0.399 e. The smallest absolute Gasteiger partial charge is 0.190 e. The minimum Gasteiger partial charge on any atom is -0.399 e. The number of hydrogen-bond donors (Lipinski definition) is 1. The zero-order valence-corrected chi connectivity index (χ0v) is 10.7. The van der Waals surface area contributed by atoms with Crippen LogP contribution in [-0.2, 0) is 9.59 Å². The summed E-state index contributed by atoms with van der Waals surface area (Å²) in [6, 6.07) is 7.00. The molecule has 92 valence electrons. The summed E-state index contributed by atoms with van der Waals surface area (Å²) in [5.41, 5.74) is 9.06. The summed E-state index contributed by atoms with van der Waals surface area (Å²) in [5, 5.41) is 0. The van der Waals surface area contributed by atoms with E-state index in [4.69, 9.17) is 5.73 Å². The van der Waals surface area contributed by atoms with Crippen molar-refractivity contribution in [3.05, 3.63) is 46.5 Å². The van der Waals surface area contributed by atoms with Crippen molar-refractivity contribution in [1.82, 2.24) is 0 Å². The number of allylic oxidation sites excluding steroid dienone is 4. The topological polar surface area (TPSA) is 60.2 Å². The first-order chi connectivity index (χ1) is 8.43. The van der Waals surface area contributed by atoms with E-state index >= 15 is 0 Å². The molecule has 2 N–H and O–H groups in total. The third-order valence-electron chi connectivity index (χ3n) is 3.39. The van der Waals surface area contributed by atoms with Gasteiger partial charge in [0.05, 0.1) is 0 Å². The first-order valence-corrected chi connectivity index (χ1v) is 5.77. The molecule has 0 heterocycles. The fourth-order valence-corrected chi connectivity index (χ4v) is 2.09. The standard InChI is InChI=1S/C15H15NO2/c1-8-9(2)15(18)13(10(3)14(8)17)11-4-6-12(16)7-5-11/h4-7H,16H2,1-3H3. The molecule has 0 fully saturated rings. The Balaban J connectivity index is 2.60. The van der Waals surface area contributed by atoms with Gasteiger partial charge in [-0.15, -0.1) is 0 Å². The van der Waals surface area contributed by atoms with Gasteiger partial charge in [0.1, 0.15) is 0 Å². The molecule has 18 heavy (non-hydrogen) atoms. The van der Waals surface area contributed by atoms with Gasteiger partial charge in [0.25, 0.3) is 0 Å². The van der Waals surface area contributed by atoms with Crippen molar-refractivity contribution >= 4 is 22.8 Å². The van der Waals surface area contributed by atoms with E-state index in [1.165, 1.54) is 0 Å². The average molecular weight is 241 g/mol. The Morgan fingerprint density at radius 1 is 0.778 bits per heavy atom. The Morgan fingerprint density at radius 3 is 1.83 bits per heavy atom. The van der Waals surface area contributed by atoms with Gasteiger partial charge in [-0.2, -0.15) is 0 Å². The number of nitrogen functional groups attached to an aromatic ring is 1. The number of Topliss-reactive ketones (excluding diaryl/α,β-unsaturated/α-hetero) is 2. The van der Waals surface area contributed by atoms with E-state index in [0.717, 1.165) is 5.56 Å². The van der Waals surface area contributed by atoms with Crippen LogP contribution in [0.1, 0.15) is 26.3 Å². The van der Waals surface area contributed by atoms with Crippen LogP contribution in [0.15, 0.2) is 41.0 Å². The molecule has 0 atom stereocenters. The fraction of sp³-hybridized carbons (Fsp3) is 0.200. The van der Waals surface area contributed by atoms with Gasteiger partial charge in [0.15, 0.2) is 11.6 Å². The van der Waals surface area contributed by atoms with Crippen molar-refractivity contribution in [1.29, 1.82) is 0 Å².